The Labute approximate surface area is 107 Å². The van der Waals surface area contributed by atoms with Crippen molar-refractivity contribution in [3.8, 4) is 17.2 Å². The molecule has 0 aliphatic rings. The fourth-order valence-corrected chi connectivity index (χ4v) is 1.71. The Morgan fingerprint density at radius 1 is 1.28 bits per heavy atom. The van der Waals surface area contributed by atoms with Crippen LogP contribution < -0.4 is 0 Å². The maximum Gasteiger partial charge on any atom is 0.257 e. The summed E-state index contributed by atoms with van der Waals surface area (Å²) in [6.07, 6.45) is 0.771. The molecule has 1 aromatic heterocycles. The molecule has 0 aliphatic carbocycles. The summed E-state index contributed by atoms with van der Waals surface area (Å²) >= 11 is 0. The number of aromatic hydroxyl groups is 1. The van der Waals surface area contributed by atoms with Gasteiger partial charge in [-0.2, -0.15) is 4.98 Å². The lowest BCUT2D eigenvalue weighted by molar-refractivity contribution is 0.374. The summed E-state index contributed by atoms with van der Waals surface area (Å²) in [5.41, 5.74) is 1.76. The number of benzene rings is 1. The minimum atomic E-state index is 0.131. The molecule has 4 heteroatoms. The van der Waals surface area contributed by atoms with Crippen molar-refractivity contribution in [1.82, 2.24) is 10.1 Å². The van der Waals surface area contributed by atoms with Gasteiger partial charge >= 0.3 is 0 Å². The Morgan fingerprint density at radius 2 is 2.00 bits per heavy atom. The maximum atomic E-state index is 9.48. The molecular weight excluding hydrogens is 228 g/mol. The zero-order valence-corrected chi connectivity index (χ0v) is 11.2. The van der Waals surface area contributed by atoms with Crippen LogP contribution in [0.15, 0.2) is 22.7 Å². The van der Waals surface area contributed by atoms with E-state index in [0.29, 0.717) is 11.7 Å². The monoisotopic (exact) mass is 246 g/mol. The zero-order valence-electron chi connectivity index (χ0n) is 11.2. The zero-order chi connectivity index (χ0) is 13.3. The van der Waals surface area contributed by atoms with Crippen molar-refractivity contribution in [2.24, 2.45) is 5.41 Å². The minimum absolute atomic E-state index is 0.131. The first-order valence-electron chi connectivity index (χ1n) is 5.98. The van der Waals surface area contributed by atoms with Crippen molar-refractivity contribution in [3.05, 3.63) is 29.6 Å². The van der Waals surface area contributed by atoms with Crippen molar-refractivity contribution in [3.63, 3.8) is 0 Å². The summed E-state index contributed by atoms with van der Waals surface area (Å²) < 4.78 is 5.25. The second-order valence-corrected chi connectivity index (χ2v) is 5.75. The van der Waals surface area contributed by atoms with E-state index >= 15 is 0 Å². The van der Waals surface area contributed by atoms with Gasteiger partial charge in [0.05, 0.1) is 0 Å². The molecule has 0 atom stereocenters. The Balaban J connectivity index is 2.26. The van der Waals surface area contributed by atoms with Crippen LogP contribution in [0, 0.1) is 12.3 Å². The Morgan fingerprint density at radius 3 is 2.61 bits per heavy atom. The van der Waals surface area contributed by atoms with E-state index in [1.165, 1.54) is 0 Å². The molecule has 1 heterocycles. The fourth-order valence-electron chi connectivity index (χ4n) is 1.71. The SMILES string of the molecule is Cc1cc(-c2nc(CC(C)(C)C)no2)ccc1O. The van der Waals surface area contributed by atoms with Crippen LogP contribution in [-0.2, 0) is 6.42 Å². The molecule has 0 spiro atoms. The molecule has 96 valence electrons. The summed E-state index contributed by atoms with van der Waals surface area (Å²) in [6, 6.07) is 5.25. The van der Waals surface area contributed by atoms with Gasteiger partial charge in [0.25, 0.3) is 5.89 Å². The second kappa shape index (κ2) is 4.44. The van der Waals surface area contributed by atoms with Crippen LogP contribution >= 0.6 is 0 Å². The van der Waals surface area contributed by atoms with Crippen LogP contribution in [0.4, 0.5) is 0 Å². The van der Waals surface area contributed by atoms with Gasteiger partial charge in [-0.1, -0.05) is 25.9 Å². The van der Waals surface area contributed by atoms with Gasteiger partial charge in [0.1, 0.15) is 5.75 Å². The van der Waals surface area contributed by atoms with Crippen molar-refractivity contribution in [1.29, 1.82) is 0 Å². The average molecular weight is 246 g/mol. The summed E-state index contributed by atoms with van der Waals surface area (Å²) in [5.74, 6) is 1.48. The normalized spacial score (nSPS) is 11.8. The number of hydrogen-bond donors (Lipinski definition) is 1. The van der Waals surface area contributed by atoms with Crippen LogP contribution in [0.1, 0.15) is 32.2 Å². The fraction of sp³-hybridized carbons (Fsp3) is 0.429. The first-order chi connectivity index (χ1) is 8.35. The van der Waals surface area contributed by atoms with Gasteiger partial charge < -0.3 is 9.63 Å². The van der Waals surface area contributed by atoms with E-state index in [1.807, 2.05) is 13.0 Å². The van der Waals surface area contributed by atoms with E-state index in [-0.39, 0.29) is 11.2 Å². The third-order valence-corrected chi connectivity index (χ3v) is 2.60. The van der Waals surface area contributed by atoms with E-state index in [2.05, 4.69) is 30.9 Å². The lowest BCUT2D eigenvalue weighted by Crippen LogP contribution is -2.10. The number of nitrogens with zero attached hydrogens (tertiary/aromatic N) is 2. The number of phenols is 1. The molecule has 1 aromatic carbocycles. The topological polar surface area (TPSA) is 59.2 Å². The highest BCUT2D eigenvalue weighted by atomic mass is 16.5. The molecule has 0 amide bonds. The Hall–Kier alpha value is -1.84. The van der Waals surface area contributed by atoms with Crippen LogP contribution in [-0.4, -0.2) is 15.2 Å². The molecule has 1 N–H and O–H groups in total. The van der Waals surface area contributed by atoms with Gasteiger partial charge in [0.2, 0.25) is 0 Å². The van der Waals surface area contributed by atoms with Crippen LogP contribution in [0.5, 0.6) is 5.75 Å². The van der Waals surface area contributed by atoms with E-state index in [4.69, 9.17) is 4.52 Å². The molecule has 0 unspecified atom stereocenters. The smallest absolute Gasteiger partial charge is 0.257 e. The number of aromatic nitrogens is 2. The highest BCUT2D eigenvalue weighted by Crippen LogP contribution is 2.25. The Kier molecular flexibility index (Phi) is 3.11. The molecule has 0 fully saturated rings. The van der Waals surface area contributed by atoms with Crippen molar-refractivity contribution in [2.75, 3.05) is 0 Å². The van der Waals surface area contributed by atoms with Gasteiger partial charge in [0.15, 0.2) is 5.82 Å². The average Bonchev–Trinajstić information content (AvgIpc) is 2.68. The van der Waals surface area contributed by atoms with Crippen LogP contribution in [0.3, 0.4) is 0 Å². The van der Waals surface area contributed by atoms with E-state index in [0.717, 1.165) is 17.5 Å². The largest absolute Gasteiger partial charge is 0.508 e. The molecular formula is C14H18N2O2. The summed E-state index contributed by atoms with van der Waals surface area (Å²) in [5, 5.41) is 13.5. The highest BCUT2D eigenvalue weighted by Gasteiger charge is 2.17. The third-order valence-electron chi connectivity index (χ3n) is 2.60. The molecule has 4 nitrogen and oxygen atoms in total. The van der Waals surface area contributed by atoms with E-state index in [1.54, 1.807) is 12.1 Å². The molecule has 0 saturated carbocycles. The summed E-state index contributed by atoms with van der Waals surface area (Å²) in [4.78, 5) is 4.38. The molecule has 2 aromatic rings. The molecule has 0 radical (unpaired) electrons. The lowest BCUT2D eigenvalue weighted by Gasteiger charge is -2.14. The quantitative estimate of drug-likeness (QED) is 0.882. The second-order valence-electron chi connectivity index (χ2n) is 5.75. The van der Waals surface area contributed by atoms with Crippen LogP contribution in [0.25, 0.3) is 11.5 Å². The predicted molar refractivity (Wildman–Crippen MR) is 69.3 cm³/mol. The standard InChI is InChI=1S/C14H18N2O2/c1-9-7-10(5-6-11(9)17)13-15-12(16-18-13)8-14(2,3)4/h5-7,17H,8H2,1-4H3. The van der Waals surface area contributed by atoms with Crippen molar-refractivity contribution >= 4 is 0 Å². The molecule has 2 rings (SSSR count). The predicted octanol–water partition coefficient (Wildman–Crippen LogP) is 3.34. The first kappa shape index (κ1) is 12.6. The van der Waals surface area contributed by atoms with E-state index in [9.17, 15) is 5.11 Å². The Bertz CT molecular complexity index is 553. The summed E-state index contributed by atoms with van der Waals surface area (Å²) in [7, 11) is 0. The number of rotatable bonds is 2. The van der Waals surface area contributed by atoms with Gasteiger partial charge in [-0.05, 0) is 36.1 Å². The third kappa shape index (κ3) is 2.88. The maximum absolute atomic E-state index is 9.48. The number of hydrogen-bond acceptors (Lipinski definition) is 4. The molecule has 0 saturated heterocycles. The van der Waals surface area contributed by atoms with Crippen molar-refractivity contribution < 1.29 is 9.63 Å². The van der Waals surface area contributed by atoms with Gasteiger partial charge in [-0.15, -0.1) is 0 Å². The van der Waals surface area contributed by atoms with Crippen molar-refractivity contribution in [2.45, 2.75) is 34.1 Å². The molecule has 0 aliphatic heterocycles. The highest BCUT2D eigenvalue weighted by molar-refractivity contribution is 5.56. The van der Waals surface area contributed by atoms with Crippen LogP contribution in [0.2, 0.25) is 0 Å². The first-order valence-corrected chi connectivity index (χ1v) is 5.98. The van der Waals surface area contributed by atoms with Gasteiger partial charge in [-0.25, -0.2) is 0 Å². The minimum Gasteiger partial charge on any atom is -0.508 e. The molecule has 18 heavy (non-hydrogen) atoms. The summed E-state index contributed by atoms with van der Waals surface area (Å²) in [6.45, 7) is 8.24. The lowest BCUT2D eigenvalue weighted by atomic mass is 9.92. The van der Waals surface area contributed by atoms with Gasteiger partial charge in [0, 0.05) is 12.0 Å². The van der Waals surface area contributed by atoms with Gasteiger partial charge in [-0.3, -0.25) is 0 Å². The number of phenolic OH excluding ortho intramolecular Hbond substituents is 1. The molecule has 0 bridgehead atoms. The number of aryl methyl sites for hydroxylation is 1. The van der Waals surface area contributed by atoms with E-state index < -0.39 is 0 Å².